The number of hydrogen-bond donors (Lipinski definition) is 1. The van der Waals surface area contributed by atoms with Crippen molar-refractivity contribution < 1.29 is 4.79 Å². The Morgan fingerprint density at radius 3 is 1.95 bits per heavy atom. The molecule has 0 aliphatic carbocycles. The minimum atomic E-state index is 0.181. The molecular weight excluding hydrogens is 280 g/mol. The lowest BCUT2D eigenvalue weighted by molar-refractivity contribution is -0.131. The maximum atomic E-state index is 12.5. The summed E-state index contributed by atoms with van der Waals surface area (Å²) in [5, 5.41) is 0. The van der Waals surface area contributed by atoms with Crippen LogP contribution >= 0.6 is 12.2 Å². The van der Waals surface area contributed by atoms with Crippen LogP contribution in [-0.4, -0.2) is 28.9 Å². The zero-order chi connectivity index (χ0) is 16.0. The molecule has 0 radical (unpaired) electrons. The quantitative estimate of drug-likeness (QED) is 0.788. The Kier molecular flexibility index (Phi) is 6.82. The van der Waals surface area contributed by atoms with Gasteiger partial charge in [-0.3, -0.25) is 4.79 Å². The predicted octanol–water partition coefficient (Wildman–Crippen LogP) is 3.00. The molecule has 1 rings (SSSR count). The number of thiocarbonyl (C=S) groups is 1. The topological polar surface area (TPSA) is 46.3 Å². The number of carbonyl (C=O) groups is 1. The van der Waals surface area contributed by atoms with E-state index < -0.39 is 0 Å². The summed E-state index contributed by atoms with van der Waals surface area (Å²) >= 11 is 4.93. The highest BCUT2D eigenvalue weighted by molar-refractivity contribution is 7.80. The second-order valence-corrected chi connectivity index (χ2v) is 6.76. The fourth-order valence-electron chi connectivity index (χ4n) is 2.23. The van der Waals surface area contributed by atoms with Gasteiger partial charge in [-0.15, -0.1) is 0 Å². The maximum Gasteiger partial charge on any atom is 0.227 e. The van der Waals surface area contributed by atoms with E-state index in [0.717, 1.165) is 24.2 Å². The van der Waals surface area contributed by atoms with Gasteiger partial charge < -0.3 is 10.6 Å². The van der Waals surface area contributed by atoms with Gasteiger partial charge in [-0.1, -0.05) is 64.2 Å². The molecule has 0 saturated carbocycles. The third-order valence-corrected chi connectivity index (χ3v) is 3.35. The zero-order valence-corrected chi connectivity index (χ0v) is 14.2. The molecule has 2 N–H and O–H groups in total. The molecule has 0 aromatic heterocycles. The van der Waals surface area contributed by atoms with Crippen LogP contribution in [0.4, 0.5) is 0 Å². The van der Waals surface area contributed by atoms with E-state index in [4.69, 9.17) is 18.0 Å². The van der Waals surface area contributed by atoms with Crippen LogP contribution in [-0.2, 0) is 11.2 Å². The fraction of sp³-hybridized carbons (Fsp3) is 0.529. The van der Waals surface area contributed by atoms with Crippen molar-refractivity contribution in [1.82, 2.24) is 4.90 Å². The van der Waals surface area contributed by atoms with Gasteiger partial charge >= 0.3 is 0 Å². The molecule has 0 fully saturated rings. The molecule has 0 aliphatic heterocycles. The van der Waals surface area contributed by atoms with E-state index in [-0.39, 0.29) is 5.91 Å². The lowest BCUT2D eigenvalue weighted by Crippen LogP contribution is -2.38. The molecule has 116 valence electrons. The number of amides is 1. The minimum absolute atomic E-state index is 0.181. The van der Waals surface area contributed by atoms with Crippen LogP contribution in [0.5, 0.6) is 0 Å². The summed E-state index contributed by atoms with van der Waals surface area (Å²) in [5.74, 6) is 1.13. The molecule has 4 heteroatoms. The monoisotopic (exact) mass is 306 g/mol. The van der Waals surface area contributed by atoms with Gasteiger partial charge in [0.2, 0.25) is 5.91 Å². The Labute approximate surface area is 133 Å². The molecule has 0 aliphatic rings. The lowest BCUT2D eigenvalue weighted by Gasteiger charge is -2.26. The summed E-state index contributed by atoms with van der Waals surface area (Å²) < 4.78 is 0. The summed E-state index contributed by atoms with van der Waals surface area (Å²) in [6, 6.07) is 7.60. The average Bonchev–Trinajstić information content (AvgIpc) is 2.37. The van der Waals surface area contributed by atoms with Gasteiger partial charge in [-0.2, -0.15) is 0 Å². The normalized spacial score (nSPS) is 11.0. The summed E-state index contributed by atoms with van der Waals surface area (Å²) in [7, 11) is 0. The van der Waals surface area contributed by atoms with Crippen molar-refractivity contribution in [2.75, 3.05) is 13.1 Å². The van der Waals surface area contributed by atoms with Gasteiger partial charge in [-0.25, -0.2) is 0 Å². The number of carbonyl (C=O) groups excluding carboxylic acids is 1. The van der Waals surface area contributed by atoms with E-state index in [1.807, 2.05) is 29.2 Å². The molecule has 0 heterocycles. The summed E-state index contributed by atoms with van der Waals surface area (Å²) in [6.07, 6.45) is 0.428. The zero-order valence-electron chi connectivity index (χ0n) is 13.4. The molecular formula is C17H26N2OS. The average molecular weight is 306 g/mol. The van der Waals surface area contributed by atoms with Crippen molar-refractivity contribution in [3.8, 4) is 0 Å². The summed E-state index contributed by atoms with van der Waals surface area (Å²) in [4.78, 5) is 14.8. The molecule has 0 atom stereocenters. The van der Waals surface area contributed by atoms with E-state index in [9.17, 15) is 4.79 Å². The highest BCUT2D eigenvalue weighted by Crippen LogP contribution is 2.10. The van der Waals surface area contributed by atoms with Crippen LogP contribution < -0.4 is 5.73 Å². The van der Waals surface area contributed by atoms with E-state index in [1.54, 1.807) is 0 Å². The third kappa shape index (κ3) is 6.25. The van der Waals surface area contributed by atoms with Gasteiger partial charge in [0, 0.05) is 18.7 Å². The van der Waals surface area contributed by atoms with Gasteiger partial charge in [-0.05, 0) is 17.4 Å². The van der Waals surface area contributed by atoms with Crippen LogP contribution in [0.2, 0.25) is 0 Å². The van der Waals surface area contributed by atoms with Crippen LogP contribution in [0, 0.1) is 11.8 Å². The third-order valence-electron chi connectivity index (χ3n) is 3.12. The predicted molar refractivity (Wildman–Crippen MR) is 92.3 cm³/mol. The first-order chi connectivity index (χ1) is 9.79. The summed E-state index contributed by atoms with van der Waals surface area (Å²) in [6.45, 7) is 10.2. The van der Waals surface area contributed by atoms with Crippen molar-refractivity contribution in [3.05, 3.63) is 35.4 Å². The maximum absolute atomic E-state index is 12.5. The van der Waals surface area contributed by atoms with Crippen molar-refractivity contribution in [1.29, 1.82) is 0 Å². The molecule has 1 amide bonds. The Morgan fingerprint density at radius 2 is 1.57 bits per heavy atom. The van der Waals surface area contributed by atoms with Crippen LogP contribution in [0.15, 0.2) is 24.3 Å². The van der Waals surface area contributed by atoms with Crippen molar-refractivity contribution in [3.63, 3.8) is 0 Å². The van der Waals surface area contributed by atoms with Gasteiger partial charge in [0.1, 0.15) is 4.99 Å². The Bertz CT molecular complexity index is 470. The van der Waals surface area contributed by atoms with E-state index in [0.29, 0.717) is 23.2 Å². The molecule has 0 spiro atoms. The largest absolute Gasteiger partial charge is 0.389 e. The highest BCUT2D eigenvalue weighted by atomic mass is 32.1. The number of hydrogen-bond acceptors (Lipinski definition) is 2. The van der Waals surface area contributed by atoms with Crippen LogP contribution in [0.1, 0.15) is 38.8 Å². The van der Waals surface area contributed by atoms with Crippen LogP contribution in [0.25, 0.3) is 0 Å². The second-order valence-electron chi connectivity index (χ2n) is 6.32. The Morgan fingerprint density at radius 1 is 1.10 bits per heavy atom. The molecule has 0 saturated heterocycles. The first-order valence-corrected chi connectivity index (χ1v) is 7.87. The second kappa shape index (κ2) is 8.13. The van der Waals surface area contributed by atoms with E-state index in [2.05, 4.69) is 27.7 Å². The molecule has 3 nitrogen and oxygen atoms in total. The van der Waals surface area contributed by atoms with Crippen molar-refractivity contribution >= 4 is 23.1 Å². The van der Waals surface area contributed by atoms with Crippen LogP contribution in [0.3, 0.4) is 0 Å². The Hall–Kier alpha value is -1.42. The molecule has 1 aromatic carbocycles. The SMILES string of the molecule is CC(C)CN(CC(C)C)C(=O)Cc1ccc(C(N)=S)cc1. The highest BCUT2D eigenvalue weighted by Gasteiger charge is 2.16. The smallest absolute Gasteiger partial charge is 0.227 e. The first kappa shape index (κ1) is 17.6. The summed E-state index contributed by atoms with van der Waals surface area (Å²) in [5.41, 5.74) is 7.41. The standard InChI is InChI=1S/C17H26N2OS/c1-12(2)10-19(11-13(3)4)16(20)9-14-5-7-15(8-6-14)17(18)21/h5-8,12-13H,9-11H2,1-4H3,(H2,18,21). The van der Waals surface area contributed by atoms with E-state index in [1.165, 1.54) is 0 Å². The van der Waals surface area contributed by atoms with Crippen molar-refractivity contribution in [2.45, 2.75) is 34.1 Å². The van der Waals surface area contributed by atoms with Crippen molar-refractivity contribution in [2.24, 2.45) is 17.6 Å². The van der Waals surface area contributed by atoms with E-state index >= 15 is 0 Å². The molecule has 0 bridgehead atoms. The number of rotatable bonds is 7. The number of nitrogens with zero attached hydrogens (tertiary/aromatic N) is 1. The van der Waals surface area contributed by atoms with Gasteiger partial charge in [0.05, 0.1) is 6.42 Å². The Balaban J connectivity index is 2.73. The van der Waals surface area contributed by atoms with Gasteiger partial charge in [0.15, 0.2) is 0 Å². The molecule has 21 heavy (non-hydrogen) atoms. The molecule has 1 aromatic rings. The number of nitrogens with two attached hydrogens (primary N) is 1. The van der Waals surface area contributed by atoms with Gasteiger partial charge in [0.25, 0.3) is 0 Å². The molecule has 0 unspecified atom stereocenters. The minimum Gasteiger partial charge on any atom is -0.389 e. The number of benzene rings is 1. The fourth-order valence-corrected chi connectivity index (χ4v) is 2.37. The first-order valence-electron chi connectivity index (χ1n) is 7.46. The lowest BCUT2D eigenvalue weighted by atomic mass is 10.1.